The largest absolute Gasteiger partial charge is 0.445 e. The van der Waals surface area contributed by atoms with E-state index in [0.29, 0.717) is 26.1 Å². The van der Waals surface area contributed by atoms with Crippen LogP contribution in [-0.4, -0.2) is 57.4 Å². The molecule has 1 spiro atoms. The van der Waals surface area contributed by atoms with E-state index in [1.54, 1.807) is 0 Å². The number of aromatic nitrogens is 1. The number of ether oxygens (including phenoxy) is 1. The van der Waals surface area contributed by atoms with Gasteiger partial charge in [0.15, 0.2) is 5.89 Å². The molecular weight excluding hydrogens is 358 g/mol. The van der Waals surface area contributed by atoms with Crippen molar-refractivity contribution in [2.45, 2.75) is 64.3 Å². The number of carbonyl (C=O) groups is 2. The lowest BCUT2D eigenvalue weighted by molar-refractivity contribution is -0.144. The van der Waals surface area contributed by atoms with Gasteiger partial charge in [-0.05, 0) is 13.8 Å². The van der Waals surface area contributed by atoms with E-state index in [1.165, 1.54) is 0 Å². The van der Waals surface area contributed by atoms with Crippen LogP contribution in [0.1, 0.15) is 51.0 Å². The second-order valence-electron chi connectivity index (χ2n) is 9.05. The van der Waals surface area contributed by atoms with Gasteiger partial charge in [0.2, 0.25) is 11.8 Å². The van der Waals surface area contributed by atoms with Gasteiger partial charge in [0.25, 0.3) is 0 Å². The molecule has 28 heavy (non-hydrogen) atoms. The standard InChI is InChI=1S/C21H27N3O4/c1-11(2)18-22-13-9-23(8-6-14(13)27-18)19(25)16-15-5-7-21(28-15)10-24(12(3)4)20(26)17(16)21/h5,7,11-12,15-17H,6,8-10H2,1-4H3/t15-,16-,17+,21-/m0/s1. The molecule has 4 aliphatic heterocycles. The molecule has 0 aliphatic carbocycles. The summed E-state index contributed by atoms with van der Waals surface area (Å²) in [6.07, 6.45) is 4.34. The topological polar surface area (TPSA) is 75.9 Å². The molecule has 2 bridgehead atoms. The first-order chi connectivity index (χ1) is 13.3. The molecule has 4 atom stereocenters. The fourth-order valence-electron chi connectivity index (χ4n) is 5.11. The summed E-state index contributed by atoms with van der Waals surface area (Å²) in [7, 11) is 0. The Kier molecular flexibility index (Phi) is 3.79. The molecule has 2 fully saturated rings. The third kappa shape index (κ3) is 2.35. The van der Waals surface area contributed by atoms with Crippen LogP contribution in [0.3, 0.4) is 0 Å². The summed E-state index contributed by atoms with van der Waals surface area (Å²) in [6, 6.07) is 0.0985. The SMILES string of the molecule is CC(C)c1nc2c(o1)CCN(C(=O)[C@H]1[C@@H]3C=C[C@@]4(CN(C(C)C)C(=O)[C@@H]14)O3)C2. The van der Waals surface area contributed by atoms with Crippen LogP contribution in [0.25, 0.3) is 0 Å². The Hall–Kier alpha value is -2.15. The number of fused-ring (bicyclic) bond motifs is 2. The second-order valence-corrected chi connectivity index (χ2v) is 9.05. The summed E-state index contributed by atoms with van der Waals surface area (Å²) < 4.78 is 12.1. The van der Waals surface area contributed by atoms with Crippen LogP contribution in [0.15, 0.2) is 16.6 Å². The van der Waals surface area contributed by atoms with E-state index in [9.17, 15) is 9.59 Å². The maximum absolute atomic E-state index is 13.5. The normalized spacial score (nSPS) is 33.4. The van der Waals surface area contributed by atoms with E-state index in [1.807, 2.05) is 49.6 Å². The van der Waals surface area contributed by atoms with Crippen molar-refractivity contribution in [3.05, 3.63) is 29.5 Å². The first kappa shape index (κ1) is 17.9. The van der Waals surface area contributed by atoms with E-state index in [4.69, 9.17) is 9.15 Å². The van der Waals surface area contributed by atoms with Crippen LogP contribution in [0, 0.1) is 11.8 Å². The van der Waals surface area contributed by atoms with Gasteiger partial charge in [0.05, 0.1) is 31.0 Å². The predicted octanol–water partition coefficient (Wildman–Crippen LogP) is 1.87. The number of rotatable bonds is 3. The van der Waals surface area contributed by atoms with Gasteiger partial charge in [-0.3, -0.25) is 9.59 Å². The lowest BCUT2D eigenvalue weighted by Crippen LogP contribution is -2.47. The van der Waals surface area contributed by atoms with Crippen LogP contribution < -0.4 is 0 Å². The Balaban J connectivity index is 1.40. The number of amides is 2. The van der Waals surface area contributed by atoms with Crippen LogP contribution >= 0.6 is 0 Å². The summed E-state index contributed by atoms with van der Waals surface area (Å²) in [6.45, 7) is 9.68. The highest BCUT2D eigenvalue weighted by Gasteiger charge is 2.67. The number of hydrogen-bond acceptors (Lipinski definition) is 5. The molecule has 5 rings (SSSR count). The van der Waals surface area contributed by atoms with Crippen LogP contribution in [0.5, 0.6) is 0 Å². The fourth-order valence-corrected chi connectivity index (χ4v) is 5.11. The minimum atomic E-state index is -0.633. The Labute approximate surface area is 164 Å². The predicted molar refractivity (Wildman–Crippen MR) is 100 cm³/mol. The van der Waals surface area contributed by atoms with Gasteiger partial charge in [-0.2, -0.15) is 0 Å². The number of carbonyl (C=O) groups excluding carboxylic acids is 2. The molecule has 7 heteroatoms. The van der Waals surface area contributed by atoms with Gasteiger partial charge in [-0.25, -0.2) is 4.98 Å². The van der Waals surface area contributed by atoms with Crippen molar-refractivity contribution in [3.8, 4) is 0 Å². The Morgan fingerprint density at radius 1 is 1.32 bits per heavy atom. The maximum Gasteiger partial charge on any atom is 0.230 e. The van der Waals surface area contributed by atoms with Gasteiger partial charge >= 0.3 is 0 Å². The minimum Gasteiger partial charge on any atom is -0.445 e. The van der Waals surface area contributed by atoms with Gasteiger partial charge < -0.3 is 19.0 Å². The number of hydrogen-bond donors (Lipinski definition) is 0. The summed E-state index contributed by atoms with van der Waals surface area (Å²) in [5, 5.41) is 0. The number of likely N-dealkylation sites (tertiary alicyclic amines) is 1. The van der Waals surface area contributed by atoms with E-state index < -0.39 is 17.4 Å². The number of nitrogens with zero attached hydrogens (tertiary/aromatic N) is 3. The summed E-state index contributed by atoms with van der Waals surface area (Å²) >= 11 is 0. The third-order valence-electron chi connectivity index (χ3n) is 6.59. The van der Waals surface area contributed by atoms with Gasteiger partial charge in [0, 0.05) is 24.9 Å². The average Bonchev–Trinajstić information content (AvgIpc) is 3.39. The molecule has 0 unspecified atom stereocenters. The zero-order valence-corrected chi connectivity index (χ0v) is 16.8. The molecule has 2 saturated heterocycles. The van der Waals surface area contributed by atoms with Crippen molar-refractivity contribution in [2.24, 2.45) is 11.8 Å². The Morgan fingerprint density at radius 3 is 2.82 bits per heavy atom. The van der Waals surface area contributed by atoms with Crippen molar-refractivity contribution < 1.29 is 18.7 Å². The molecule has 0 aromatic carbocycles. The minimum absolute atomic E-state index is 0.0000666. The van der Waals surface area contributed by atoms with Crippen molar-refractivity contribution in [2.75, 3.05) is 13.1 Å². The Morgan fingerprint density at radius 2 is 2.11 bits per heavy atom. The van der Waals surface area contributed by atoms with E-state index >= 15 is 0 Å². The van der Waals surface area contributed by atoms with Crippen LogP contribution in [0.4, 0.5) is 0 Å². The quantitative estimate of drug-likeness (QED) is 0.743. The lowest BCUT2D eigenvalue weighted by atomic mass is 9.76. The molecule has 7 nitrogen and oxygen atoms in total. The Bertz CT molecular complexity index is 873. The zero-order valence-electron chi connectivity index (χ0n) is 16.8. The first-order valence-corrected chi connectivity index (χ1v) is 10.3. The lowest BCUT2D eigenvalue weighted by Gasteiger charge is -2.31. The summed E-state index contributed by atoms with van der Waals surface area (Å²) in [4.78, 5) is 34.9. The van der Waals surface area contributed by atoms with Gasteiger partial charge in [-0.15, -0.1) is 0 Å². The van der Waals surface area contributed by atoms with E-state index in [2.05, 4.69) is 4.98 Å². The second kappa shape index (κ2) is 5.92. The van der Waals surface area contributed by atoms with Crippen molar-refractivity contribution >= 4 is 11.8 Å². The highest BCUT2D eigenvalue weighted by Crippen LogP contribution is 2.52. The number of oxazole rings is 1. The summed E-state index contributed by atoms with van der Waals surface area (Å²) in [5.41, 5.74) is 0.214. The molecule has 1 aromatic rings. The van der Waals surface area contributed by atoms with Crippen molar-refractivity contribution in [3.63, 3.8) is 0 Å². The highest BCUT2D eigenvalue weighted by atomic mass is 16.5. The van der Waals surface area contributed by atoms with Gasteiger partial charge in [0.1, 0.15) is 17.1 Å². The van der Waals surface area contributed by atoms with E-state index in [-0.39, 0.29) is 29.9 Å². The van der Waals surface area contributed by atoms with Crippen LogP contribution in [0.2, 0.25) is 0 Å². The molecule has 150 valence electrons. The van der Waals surface area contributed by atoms with Crippen molar-refractivity contribution in [1.82, 2.24) is 14.8 Å². The molecule has 4 aliphatic rings. The summed E-state index contributed by atoms with van der Waals surface area (Å²) in [5.74, 6) is 1.01. The molecule has 0 N–H and O–H groups in total. The maximum atomic E-state index is 13.5. The highest BCUT2D eigenvalue weighted by molar-refractivity contribution is 5.93. The molecule has 0 radical (unpaired) electrons. The molecular formula is C21H27N3O4. The third-order valence-corrected chi connectivity index (χ3v) is 6.59. The molecule has 2 amide bonds. The van der Waals surface area contributed by atoms with Crippen molar-refractivity contribution in [1.29, 1.82) is 0 Å². The monoisotopic (exact) mass is 385 g/mol. The average molecular weight is 385 g/mol. The molecule has 1 aromatic heterocycles. The fraction of sp³-hybridized carbons (Fsp3) is 0.667. The van der Waals surface area contributed by atoms with E-state index in [0.717, 1.165) is 17.3 Å². The smallest absolute Gasteiger partial charge is 0.230 e. The zero-order chi connectivity index (χ0) is 19.8. The molecule has 5 heterocycles. The van der Waals surface area contributed by atoms with Gasteiger partial charge in [-0.1, -0.05) is 26.0 Å². The molecule has 0 saturated carbocycles. The first-order valence-electron chi connectivity index (χ1n) is 10.3. The van der Waals surface area contributed by atoms with Crippen LogP contribution in [-0.2, 0) is 27.3 Å².